The molecule has 1 N–H and O–H groups in total. The first-order chi connectivity index (χ1) is 8.29. The van der Waals surface area contributed by atoms with Crippen molar-refractivity contribution in [2.24, 2.45) is 5.92 Å². The van der Waals surface area contributed by atoms with E-state index >= 15 is 0 Å². The number of ether oxygens (including phenoxy) is 1. The van der Waals surface area contributed by atoms with E-state index in [1.807, 2.05) is 20.0 Å². The largest absolute Gasteiger partial charge is 0.477 e. The van der Waals surface area contributed by atoms with Gasteiger partial charge in [0.2, 0.25) is 11.8 Å². The molecule has 0 aliphatic heterocycles. The van der Waals surface area contributed by atoms with Gasteiger partial charge in [-0.2, -0.15) is 4.98 Å². The Bertz CT molecular complexity index is 362. The van der Waals surface area contributed by atoms with Gasteiger partial charge < -0.3 is 10.1 Å². The normalized spacial score (nSPS) is 16.1. The molecule has 4 nitrogen and oxygen atoms in total. The zero-order chi connectivity index (χ0) is 12.1. The summed E-state index contributed by atoms with van der Waals surface area (Å²) in [6.45, 7) is 5.64. The third-order valence-electron chi connectivity index (χ3n) is 3.19. The van der Waals surface area contributed by atoms with Gasteiger partial charge in [0.15, 0.2) is 0 Å². The lowest BCUT2D eigenvalue weighted by Gasteiger charge is -2.13. The summed E-state index contributed by atoms with van der Waals surface area (Å²) in [5, 5.41) is 3.10. The summed E-state index contributed by atoms with van der Waals surface area (Å²) in [7, 11) is 0. The number of aromatic nitrogens is 2. The highest BCUT2D eigenvalue weighted by molar-refractivity contribution is 5.32. The van der Waals surface area contributed by atoms with Gasteiger partial charge in [-0.25, -0.2) is 4.98 Å². The first-order valence-electron chi connectivity index (χ1n) is 6.50. The molecule has 4 heteroatoms. The lowest BCUT2D eigenvalue weighted by atomic mass is 10.1. The molecule has 0 aromatic carbocycles. The number of nitrogens with one attached hydrogen (secondary N) is 1. The highest BCUT2D eigenvalue weighted by Gasteiger charge is 2.16. The molecule has 0 amide bonds. The Labute approximate surface area is 103 Å². The summed E-state index contributed by atoms with van der Waals surface area (Å²) < 4.78 is 5.82. The Morgan fingerprint density at radius 3 is 2.88 bits per heavy atom. The van der Waals surface area contributed by atoms with E-state index in [0.717, 1.165) is 24.6 Å². The van der Waals surface area contributed by atoms with E-state index in [2.05, 4.69) is 15.3 Å². The fourth-order valence-corrected chi connectivity index (χ4v) is 2.19. The summed E-state index contributed by atoms with van der Waals surface area (Å²) in [6, 6.07) is 0. The molecule has 94 valence electrons. The molecule has 0 atom stereocenters. The van der Waals surface area contributed by atoms with E-state index < -0.39 is 0 Å². The maximum atomic E-state index is 5.82. The van der Waals surface area contributed by atoms with Crippen molar-refractivity contribution < 1.29 is 4.74 Å². The maximum Gasteiger partial charge on any atom is 0.225 e. The average Bonchev–Trinajstić information content (AvgIpc) is 2.83. The van der Waals surface area contributed by atoms with E-state index in [1.54, 1.807) is 0 Å². The number of hydrogen-bond acceptors (Lipinski definition) is 4. The molecule has 1 fully saturated rings. The first kappa shape index (κ1) is 12.1. The molecule has 0 spiro atoms. The number of hydrogen-bond donors (Lipinski definition) is 1. The molecule has 0 saturated heterocycles. The second kappa shape index (κ2) is 5.84. The topological polar surface area (TPSA) is 47.0 Å². The Morgan fingerprint density at radius 1 is 1.41 bits per heavy atom. The summed E-state index contributed by atoms with van der Waals surface area (Å²) in [5.74, 6) is 2.09. The third-order valence-corrected chi connectivity index (χ3v) is 3.19. The molecular formula is C13H21N3O. The van der Waals surface area contributed by atoms with Crippen LogP contribution in [0.5, 0.6) is 5.88 Å². The van der Waals surface area contributed by atoms with E-state index in [4.69, 9.17) is 4.74 Å². The molecular weight excluding hydrogens is 214 g/mol. The number of anilines is 1. The lowest BCUT2D eigenvalue weighted by molar-refractivity contribution is 0.242. The molecule has 1 aliphatic carbocycles. The van der Waals surface area contributed by atoms with Gasteiger partial charge in [-0.15, -0.1) is 0 Å². The van der Waals surface area contributed by atoms with Gasteiger partial charge in [-0.05, 0) is 32.6 Å². The maximum absolute atomic E-state index is 5.82. The van der Waals surface area contributed by atoms with Crippen LogP contribution in [0.3, 0.4) is 0 Å². The predicted molar refractivity (Wildman–Crippen MR) is 68.4 cm³/mol. The van der Waals surface area contributed by atoms with Crippen molar-refractivity contribution in [3.8, 4) is 5.88 Å². The summed E-state index contributed by atoms with van der Waals surface area (Å²) >= 11 is 0. The summed E-state index contributed by atoms with van der Waals surface area (Å²) in [6.07, 6.45) is 7.10. The Hall–Kier alpha value is -1.32. The van der Waals surface area contributed by atoms with Crippen LogP contribution in [-0.2, 0) is 0 Å². The molecule has 1 saturated carbocycles. The van der Waals surface area contributed by atoms with Crippen molar-refractivity contribution in [2.75, 3.05) is 18.5 Å². The fraction of sp³-hybridized carbons (Fsp3) is 0.692. The van der Waals surface area contributed by atoms with Crippen LogP contribution in [0, 0.1) is 12.8 Å². The smallest absolute Gasteiger partial charge is 0.225 e. The zero-order valence-corrected chi connectivity index (χ0v) is 10.7. The minimum absolute atomic E-state index is 0.652. The quantitative estimate of drug-likeness (QED) is 0.852. The molecule has 0 bridgehead atoms. The van der Waals surface area contributed by atoms with Crippen molar-refractivity contribution >= 4 is 5.95 Å². The number of rotatable bonds is 5. The number of nitrogens with zero attached hydrogens (tertiary/aromatic N) is 2. The van der Waals surface area contributed by atoms with Crippen LogP contribution in [0.25, 0.3) is 0 Å². The molecule has 0 radical (unpaired) electrons. The highest BCUT2D eigenvalue weighted by atomic mass is 16.5. The van der Waals surface area contributed by atoms with Gasteiger partial charge in [-0.1, -0.05) is 12.8 Å². The van der Waals surface area contributed by atoms with Gasteiger partial charge in [-0.3, -0.25) is 0 Å². The highest BCUT2D eigenvalue weighted by Crippen LogP contribution is 2.26. The van der Waals surface area contributed by atoms with Gasteiger partial charge in [0.05, 0.1) is 6.61 Å². The van der Waals surface area contributed by atoms with Gasteiger partial charge in [0.1, 0.15) is 0 Å². The van der Waals surface area contributed by atoms with E-state index in [-0.39, 0.29) is 0 Å². The molecule has 0 unspecified atom stereocenters. The van der Waals surface area contributed by atoms with Gasteiger partial charge in [0.25, 0.3) is 0 Å². The fourth-order valence-electron chi connectivity index (χ4n) is 2.19. The van der Waals surface area contributed by atoms with Crippen LogP contribution >= 0.6 is 0 Å². The standard InChI is InChI=1S/C13H21N3O/c1-3-14-13-15-8-10(2)12(16-13)17-9-11-6-4-5-7-11/h8,11H,3-7,9H2,1-2H3,(H,14,15,16). The van der Waals surface area contributed by atoms with Crippen molar-refractivity contribution in [1.29, 1.82) is 0 Å². The molecule has 1 aromatic rings. The van der Waals surface area contributed by atoms with Crippen molar-refractivity contribution in [3.05, 3.63) is 11.8 Å². The SMILES string of the molecule is CCNc1ncc(C)c(OCC2CCCC2)n1. The predicted octanol–water partition coefficient (Wildman–Crippen LogP) is 2.79. The summed E-state index contributed by atoms with van der Waals surface area (Å²) in [5.41, 5.74) is 1.00. The number of aryl methyl sites for hydroxylation is 1. The van der Waals surface area contributed by atoms with Crippen LogP contribution in [0.4, 0.5) is 5.95 Å². The third kappa shape index (κ3) is 3.32. The molecule has 17 heavy (non-hydrogen) atoms. The Morgan fingerprint density at radius 2 is 2.18 bits per heavy atom. The molecule has 1 aromatic heterocycles. The van der Waals surface area contributed by atoms with Crippen molar-refractivity contribution in [3.63, 3.8) is 0 Å². The van der Waals surface area contributed by atoms with Crippen LogP contribution in [-0.4, -0.2) is 23.1 Å². The van der Waals surface area contributed by atoms with Crippen LogP contribution in [0.2, 0.25) is 0 Å². The second-order valence-electron chi connectivity index (χ2n) is 4.67. The summed E-state index contributed by atoms with van der Waals surface area (Å²) in [4.78, 5) is 8.58. The van der Waals surface area contributed by atoms with Crippen LogP contribution in [0.15, 0.2) is 6.20 Å². The molecule has 1 heterocycles. The second-order valence-corrected chi connectivity index (χ2v) is 4.67. The van der Waals surface area contributed by atoms with Gasteiger partial charge in [0, 0.05) is 18.3 Å². The van der Waals surface area contributed by atoms with E-state index in [1.165, 1.54) is 25.7 Å². The minimum Gasteiger partial charge on any atom is -0.477 e. The Kier molecular flexibility index (Phi) is 4.18. The first-order valence-corrected chi connectivity index (χ1v) is 6.50. The zero-order valence-electron chi connectivity index (χ0n) is 10.7. The lowest BCUT2D eigenvalue weighted by Crippen LogP contribution is -2.11. The minimum atomic E-state index is 0.652. The van der Waals surface area contributed by atoms with E-state index in [9.17, 15) is 0 Å². The van der Waals surface area contributed by atoms with Gasteiger partial charge >= 0.3 is 0 Å². The van der Waals surface area contributed by atoms with E-state index in [0.29, 0.717) is 11.9 Å². The molecule has 1 aliphatic rings. The monoisotopic (exact) mass is 235 g/mol. The van der Waals surface area contributed by atoms with Crippen LogP contribution in [0.1, 0.15) is 38.2 Å². The van der Waals surface area contributed by atoms with Crippen molar-refractivity contribution in [2.45, 2.75) is 39.5 Å². The molecule has 2 rings (SSSR count). The van der Waals surface area contributed by atoms with Crippen LogP contribution < -0.4 is 10.1 Å². The van der Waals surface area contributed by atoms with Crippen molar-refractivity contribution in [1.82, 2.24) is 9.97 Å². The average molecular weight is 235 g/mol. The Balaban J connectivity index is 1.95.